The fourth-order valence-corrected chi connectivity index (χ4v) is 2.53. The molecule has 98 valence electrons. The Labute approximate surface area is 114 Å². The first kappa shape index (κ1) is 12.3. The summed E-state index contributed by atoms with van der Waals surface area (Å²) in [5.74, 6) is 0.522. The van der Waals surface area contributed by atoms with Crippen LogP contribution < -0.4 is 5.32 Å². The summed E-state index contributed by atoms with van der Waals surface area (Å²) in [6.45, 7) is 4.25. The minimum Gasteiger partial charge on any atom is -0.316 e. The molecule has 0 saturated carbocycles. The molecule has 2 aromatic rings. The lowest BCUT2D eigenvalue weighted by Crippen LogP contribution is -2.28. The molecule has 1 unspecified atom stereocenters. The number of benzene rings is 1. The highest BCUT2D eigenvalue weighted by Gasteiger charge is 2.16. The van der Waals surface area contributed by atoms with Crippen LogP contribution >= 0.6 is 0 Å². The molecular weight excluding hydrogens is 234 g/mol. The van der Waals surface area contributed by atoms with Crippen LogP contribution in [0, 0.1) is 6.92 Å². The SMILES string of the molecule is Cc1ccc(-c2cnc(C3CCCNC3)cn2)cc1. The maximum Gasteiger partial charge on any atom is 0.0885 e. The highest BCUT2D eigenvalue weighted by molar-refractivity contribution is 5.58. The van der Waals surface area contributed by atoms with Crippen molar-refractivity contribution >= 4 is 0 Å². The number of piperidine rings is 1. The lowest BCUT2D eigenvalue weighted by atomic mass is 9.96. The fraction of sp³-hybridized carbons (Fsp3) is 0.375. The number of nitrogens with one attached hydrogen (secondary N) is 1. The van der Waals surface area contributed by atoms with Gasteiger partial charge < -0.3 is 5.32 Å². The van der Waals surface area contributed by atoms with Crippen molar-refractivity contribution in [2.75, 3.05) is 13.1 Å². The van der Waals surface area contributed by atoms with Gasteiger partial charge in [0, 0.05) is 24.2 Å². The molecule has 1 saturated heterocycles. The van der Waals surface area contributed by atoms with Gasteiger partial charge in [-0.2, -0.15) is 0 Å². The Morgan fingerprint density at radius 3 is 2.58 bits per heavy atom. The van der Waals surface area contributed by atoms with E-state index in [1.807, 2.05) is 12.4 Å². The molecule has 3 rings (SSSR count). The Morgan fingerprint density at radius 1 is 1.11 bits per heavy atom. The van der Waals surface area contributed by atoms with Crippen LogP contribution in [0.4, 0.5) is 0 Å². The van der Waals surface area contributed by atoms with E-state index < -0.39 is 0 Å². The monoisotopic (exact) mass is 253 g/mol. The van der Waals surface area contributed by atoms with Gasteiger partial charge in [-0.25, -0.2) is 0 Å². The van der Waals surface area contributed by atoms with Crippen molar-refractivity contribution < 1.29 is 0 Å². The second-order valence-corrected chi connectivity index (χ2v) is 5.24. The number of hydrogen-bond acceptors (Lipinski definition) is 3. The van der Waals surface area contributed by atoms with E-state index in [4.69, 9.17) is 0 Å². The van der Waals surface area contributed by atoms with Crippen LogP contribution in [0.25, 0.3) is 11.3 Å². The molecule has 1 aliphatic heterocycles. The molecule has 1 aromatic heterocycles. The van der Waals surface area contributed by atoms with Gasteiger partial charge in [0.05, 0.1) is 17.6 Å². The Bertz CT molecular complexity index is 525. The summed E-state index contributed by atoms with van der Waals surface area (Å²) >= 11 is 0. The third-order valence-electron chi connectivity index (χ3n) is 3.73. The van der Waals surface area contributed by atoms with Crippen LogP contribution in [0.15, 0.2) is 36.7 Å². The largest absolute Gasteiger partial charge is 0.316 e. The Kier molecular flexibility index (Phi) is 3.56. The van der Waals surface area contributed by atoms with E-state index in [0.29, 0.717) is 5.92 Å². The third kappa shape index (κ3) is 2.82. The van der Waals surface area contributed by atoms with Crippen LogP contribution in [-0.2, 0) is 0 Å². The van der Waals surface area contributed by atoms with E-state index in [1.165, 1.54) is 18.4 Å². The first-order valence-corrected chi connectivity index (χ1v) is 6.92. The predicted octanol–water partition coefficient (Wildman–Crippen LogP) is 2.92. The van der Waals surface area contributed by atoms with Gasteiger partial charge >= 0.3 is 0 Å². The summed E-state index contributed by atoms with van der Waals surface area (Å²) in [4.78, 5) is 9.16. The minimum absolute atomic E-state index is 0.522. The summed E-state index contributed by atoms with van der Waals surface area (Å²) < 4.78 is 0. The molecule has 1 N–H and O–H groups in total. The molecule has 19 heavy (non-hydrogen) atoms. The van der Waals surface area contributed by atoms with Crippen molar-refractivity contribution in [1.29, 1.82) is 0 Å². The zero-order valence-electron chi connectivity index (χ0n) is 11.3. The maximum atomic E-state index is 4.60. The van der Waals surface area contributed by atoms with Crippen LogP contribution in [0.5, 0.6) is 0 Å². The first-order valence-electron chi connectivity index (χ1n) is 6.92. The zero-order chi connectivity index (χ0) is 13.1. The quantitative estimate of drug-likeness (QED) is 0.894. The maximum absolute atomic E-state index is 4.60. The number of aromatic nitrogens is 2. The average molecular weight is 253 g/mol. The fourth-order valence-electron chi connectivity index (χ4n) is 2.53. The molecule has 0 spiro atoms. The standard InChI is InChI=1S/C16H19N3/c1-12-4-6-13(7-5-12)15-10-19-16(11-18-15)14-3-2-8-17-9-14/h4-7,10-11,14,17H,2-3,8-9H2,1H3. The molecule has 0 amide bonds. The van der Waals surface area contributed by atoms with Gasteiger partial charge in [-0.3, -0.25) is 9.97 Å². The Hall–Kier alpha value is -1.74. The molecule has 1 fully saturated rings. The average Bonchev–Trinajstić information content (AvgIpc) is 2.49. The molecule has 1 aromatic carbocycles. The van der Waals surface area contributed by atoms with Gasteiger partial charge in [-0.1, -0.05) is 29.8 Å². The highest BCUT2D eigenvalue weighted by Crippen LogP contribution is 2.22. The van der Waals surface area contributed by atoms with Gasteiger partial charge in [0.2, 0.25) is 0 Å². The van der Waals surface area contributed by atoms with Gasteiger partial charge in [-0.15, -0.1) is 0 Å². The number of aryl methyl sites for hydroxylation is 1. The van der Waals surface area contributed by atoms with Crippen LogP contribution in [-0.4, -0.2) is 23.1 Å². The van der Waals surface area contributed by atoms with Crippen molar-refractivity contribution in [2.45, 2.75) is 25.7 Å². The second kappa shape index (κ2) is 5.49. The summed E-state index contributed by atoms with van der Waals surface area (Å²) in [6, 6.07) is 8.41. The third-order valence-corrected chi connectivity index (χ3v) is 3.73. The lowest BCUT2D eigenvalue weighted by Gasteiger charge is -2.21. The van der Waals surface area contributed by atoms with Crippen molar-refractivity contribution in [3.05, 3.63) is 47.9 Å². The topological polar surface area (TPSA) is 37.8 Å². The molecule has 3 heteroatoms. The van der Waals surface area contributed by atoms with E-state index >= 15 is 0 Å². The molecule has 0 bridgehead atoms. The second-order valence-electron chi connectivity index (χ2n) is 5.24. The van der Waals surface area contributed by atoms with E-state index in [2.05, 4.69) is 46.5 Å². The number of rotatable bonds is 2. The van der Waals surface area contributed by atoms with Crippen molar-refractivity contribution in [2.24, 2.45) is 0 Å². The Morgan fingerprint density at radius 2 is 1.95 bits per heavy atom. The zero-order valence-corrected chi connectivity index (χ0v) is 11.3. The molecule has 1 atom stereocenters. The van der Waals surface area contributed by atoms with Gasteiger partial charge in [0.25, 0.3) is 0 Å². The lowest BCUT2D eigenvalue weighted by molar-refractivity contribution is 0.454. The normalized spacial score (nSPS) is 19.3. The summed E-state index contributed by atoms with van der Waals surface area (Å²) in [6.07, 6.45) is 6.28. The van der Waals surface area contributed by atoms with E-state index in [0.717, 1.165) is 30.0 Å². The summed E-state index contributed by atoms with van der Waals surface area (Å²) in [5, 5.41) is 3.42. The van der Waals surface area contributed by atoms with E-state index in [-0.39, 0.29) is 0 Å². The van der Waals surface area contributed by atoms with E-state index in [9.17, 15) is 0 Å². The molecule has 0 aliphatic carbocycles. The van der Waals surface area contributed by atoms with Crippen LogP contribution in [0.2, 0.25) is 0 Å². The van der Waals surface area contributed by atoms with Gasteiger partial charge in [0.1, 0.15) is 0 Å². The van der Waals surface area contributed by atoms with Crippen LogP contribution in [0.3, 0.4) is 0 Å². The smallest absolute Gasteiger partial charge is 0.0885 e. The Balaban J connectivity index is 1.80. The van der Waals surface area contributed by atoms with Gasteiger partial charge in [-0.05, 0) is 26.3 Å². The molecule has 2 heterocycles. The molecule has 3 nitrogen and oxygen atoms in total. The van der Waals surface area contributed by atoms with Crippen molar-refractivity contribution in [3.8, 4) is 11.3 Å². The first-order chi connectivity index (χ1) is 9.33. The van der Waals surface area contributed by atoms with Crippen molar-refractivity contribution in [1.82, 2.24) is 15.3 Å². The molecule has 0 radical (unpaired) electrons. The summed E-state index contributed by atoms with van der Waals surface area (Å²) in [5.41, 5.74) is 4.46. The highest BCUT2D eigenvalue weighted by atomic mass is 14.9. The molecule has 1 aliphatic rings. The van der Waals surface area contributed by atoms with Crippen LogP contribution in [0.1, 0.15) is 30.0 Å². The van der Waals surface area contributed by atoms with E-state index in [1.54, 1.807) is 0 Å². The van der Waals surface area contributed by atoms with Crippen molar-refractivity contribution in [3.63, 3.8) is 0 Å². The minimum atomic E-state index is 0.522. The predicted molar refractivity (Wildman–Crippen MR) is 77.0 cm³/mol. The number of hydrogen-bond donors (Lipinski definition) is 1. The number of nitrogens with zero attached hydrogens (tertiary/aromatic N) is 2. The molecular formula is C16H19N3. The van der Waals surface area contributed by atoms with Gasteiger partial charge in [0.15, 0.2) is 0 Å². The summed E-state index contributed by atoms with van der Waals surface area (Å²) in [7, 11) is 0.